The fourth-order valence-corrected chi connectivity index (χ4v) is 4.72. The molecule has 2 amide bonds. The third kappa shape index (κ3) is 6.22. The lowest BCUT2D eigenvalue weighted by molar-refractivity contribution is -0.119. The average Bonchev–Trinajstić information content (AvgIpc) is 3.31. The highest BCUT2D eigenvalue weighted by atomic mass is 32.2. The fraction of sp³-hybridized carbons (Fsp3) is 0.320. The maximum atomic E-state index is 13.7. The normalized spacial score (nSPS) is 14.1. The number of nitrogens with zero attached hydrogens (tertiary/aromatic N) is 2. The number of imidazole rings is 1. The molecule has 0 radical (unpaired) electrons. The van der Waals surface area contributed by atoms with Gasteiger partial charge in [-0.25, -0.2) is 9.37 Å². The van der Waals surface area contributed by atoms with Crippen LogP contribution in [0.1, 0.15) is 48.0 Å². The van der Waals surface area contributed by atoms with Crippen LogP contribution in [0, 0.1) is 5.82 Å². The Morgan fingerprint density at radius 3 is 2.58 bits per heavy atom. The molecule has 1 aliphatic rings. The Morgan fingerprint density at radius 2 is 1.82 bits per heavy atom. The first-order valence-electron chi connectivity index (χ1n) is 11.2. The van der Waals surface area contributed by atoms with E-state index < -0.39 is 0 Å². The maximum Gasteiger partial charge on any atom is 0.251 e. The predicted octanol–water partition coefficient (Wildman–Crippen LogP) is 4.48. The molecule has 0 bridgehead atoms. The summed E-state index contributed by atoms with van der Waals surface area (Å²) in [5.74, 6) is -0.275. The van der Waals surface area contributed by atoms with Crippen LogP contribution in [-0.4, -0.2) is 33.2 Å². The summed E-state index contributed by atoms with van der Waals surface area (Å²) in [5.41, 5.74) is 1.76. The van der Waals surface area contributed by atoms with E-state index in [9.17, 15) is 14.0 Å². The standard InChI is InChI=1S/C25H27FN4O2S/c26-22-9-5-4-6-19(22)16-28-24(32)18-10-12-21(13-11-18)30-15-14-27-25(30)33-17-23(31)29-20-7-2-1-3-8-20/h4-6,9-15,20H,1-3,7-8,16-17H2,(H,28,32)(H,29,31). The molecule has 1 aliphatic carbocycles. The first-order valence-corrected chi connectivity index (χ1v) is 12.2. The quantitative estimate of drug-likeness (QED) is 0.480. The number of thioether (sulfide) groups is 1. The van der Waals surface area contributed by atoms with E-state index in [1.807, 2.05) is 22.9 Å². The molecular weight excluding hydrogens is 439 g/mol. The molecule has 2 aromatic carbocycles. The van der Waals surface area contributed by atoms with Gasteiger partial charge in [-0.2, -0.15) is 0 Å². The van der Waals surface area contributed by atoms with Crippen LogP contribution in [0.2, 0.25) is 0 Å². The van der Waals surface area contributed by atoms with Crippen molar-refractivity contribution in [3.05, 3.63) is 77.9 Å². The minimum Gasteiger partial charge on any atom is -0.353 e. The molecule has 0 atom stereocenters. The second-order valence-electron chi connectivity index (χ2n) is 8.09. The lowest BCUT2D eigenvalue weighted by atomic mass is 9.95. The molecule has 0 spiro atoms. The Bertz CT molecular complexity index is 1090. The van der Waals surface area contributed by atoms with Gasteiger partial charge in [0.15, 0.2) is 5.16 Å². The van der Waals surface area contributed by atoms with Gasteiger partial charge in [0.2, 0.25) is 5.91 Å². The summed E-state index contributed by atoms with van der Waals surface area (Å²) in [6.45, 7) is 0.124. The lowest BCUT2D eigenvalue weighted by Crippen LogP contribution is -2.37. The number of carbonyl (C=O) groups excluding carboxylic acids is 2. The Labute approximate surface area is 197 Å². The Balaban J connectivity index is 1.32. The zero-order chi connectivity index (χ0) is 23.0. The van der Waals surface area contributed by atoms with E-state index in [2.05, 4.69) is 15.6 Å². The molecular formula is C25H27FN4O2S. The second kappa shape index (κ2) is 11.1. The Hall–Kier alpha value is -3.13. The molecule has 0 unspecified atom stereocenters. The summed E-state index contributed by atoms with van der Waals surface area (Å²) in [7, 11) is 0. The first kappa shape index (κ1) is 23.0. The number of amides is 2. The largest absolute Gasteiger partial charge is 0.353 e. The zero-order valence-electron chi connectivity index (χ0n) is 18.3. The molecule has 0 saturated heterocycles. The van der Waals surface area contributed by atoms with Crippen LogP contribution in [-0.2, 0) is 11.3 Å². The third-order valence-electron chi connectivity index (χ3n) is 5.71. The molecule has 0 aliphatic heterocycles. The SMILES string of the molecule is O=C(CSc1nccn1-c1ccc(C(=O)NCc2ccccc2F)cc1)NC1CCCCC1. The van der Waals surface area contributed by atoms with Crippen LogP contribution in [0.15, 0.2) is 66.1 Å². The highest BCUT2D eigenvalue weighted by Gasteiger charge is 2.17. The molecule has 8 heteroatoms. The van der Waals surface area contributed by atoms with Crippen LogP contribution < -0.4 is 10.6 Å². The van der Waals surface area contributed by atoms with Crippen molar-refractivity contribution < 1.29 is 14.0 Å². The zero-order valence-corrected chi connectivity index (χ0v) is 19.1. The topological polar surface area (TPSA) is 76.0 Å². The molecule has 3 aromatic rings. The van der Waals surface area contributed by atoms with Gasteiger partial charge in [-0.05, 0) is 43.2 Å². The van der Waals surface area contributed by atoms with E-state index in [1.54, 1.807) is 36.5 Å². The number of carbonyl (C=O) groups is 2. The van der Waals surface area contributed by atoms with Crippen molar-refractivity contribution >= 4 is 23.6 Å². The number of halogens is 1. The van der Waals surface area contributed by atoms with E-state index >= 15 is 0 Å². The maximum absolute atomic E-state index is 13.7. The van der Waals surface area contributed by atoms with E-state index in [0.717, 1.165) is 18.5 Å². The molecule has 6 nitrogen and oxygen atoms in total. The summed E-state index contributed by atoms with van der Waals surface area (Å²) in [6.07, 6.45) is 9.26. The van der Waals surface area contributed by atoms with Gasteiger partial charge in [0, 0.05) is 41.8 Å². The van der Waals surface area contributed by atoms with Gasteiger partial charge < -0.3 is 10.6 Å². The van der Waals surface area contributed by atoms with Crippen molar-refractivity contribution in [2.24, 2.45) is 0 Å². The number of benzene rings is 2. The van der Waals surface area contributed by atoms with Crippen molar-refractivity contribution in [1.82, 2.24) is 20.2 Å². The van der Waals surface area contributed by atoms with Crippen LogP contribution in [0.25, 0.3) is 5.69 Å². The van der Waals surface area contributed by atoms with Gasteiger partial charge >= 0.3 is 0 Å². The van der Waals surface area contributed by atoms with Crippen molar-refractivity contribution in [2.45, 2.75) is 49.8 Å². The monoisotopic (exact) mass is 466 g/mol. The average molecular weight is 467 g/mol. The number of rotatable bonds is 8. The molecule has 1 heterocycles. The molecule has 1 fully saturated rings. The third-order valence-corrected chi connectivity index (χ3v) is 6.68. The van der Waals surface area contributed by atoms with Gasteiger partial charge in [0.05, 0.1) is 5.75 Å². The van der Waals surface area contributed by atoms with E-state index in [4.69, 9.17) is 0 Å². The summed E-state index contributed by atoms with van der Waals surface area (Å²) in [6, 6.07) is 13.8. The van der Waals surface area contributed by atoms with Crippen molar-refractivity contribution in [2.75, 3.05) is 5.75 Å². The lowest BCUT2D eigenvalue weighted by Gasteiger charge is -2.22. The molecule has 1 saturated carbocycles. The van der Waals surface area contributed by atoms with Gasteiger partial charge in [0.25, 0.3) is 5.91 Å². The van der Waals surface area contributed by atoms with Gasteiger partial charge in [-0.3, -0.25) is 14.2 Å². The Morgan fingerprint density at radius 1 is 1.06 bits per heavy atom. The predicted molar refractivity (Wildman–Crippen MR) is 127 cm³/mol. The van der Waals surface area contributed by atoms with Crippen molar-refractivity contribution in [3.8, 4) is 5.69 Å². The van der Waals surface area contributed by atoms with E-state index in [0.29, 0.717) is 28.1 Å². The number of hydrogen-bond donors (Lipinski definition) is 2. The van der Waals surface area contributed by atoms with Crippen molar-refractivity contribution in [3.63, 3.8) is 0 Å². The van der Waals surface area contributed by atoms with Gasteiger partial charge in [0.1, 0.15) is 5.82 Å². The van der Waals surface area contributed by atoms with Crippen LogP contribution in [0.5, 0.6) is 0 Å². The summed E-state index contributed by atoms with van der Waals surface area (Å²) >= 11 is 1.39. The first-order chi connectivity index (χ1) is 16.1. The molecule has 172 valence electrons. The highest BCUT2D eigenvalue weighted by Crippen LogP contribution is 2.22. The van der Waals surface area contributed by atoms with Crippen LogP contribution in [0.4, 0.5) is 4.39 Å². The molecule has 33 heavy (non-hydrogen) atoms. The number of hydrogen-bond acceptors (Lipinski definition) is 4. The van der Waals surface area contributed by atoms with Crippen molar-refractivity contribution in [1.29, 1.82) is 0 Å². The minimum absolute atomic E-state index is 0.0309. The molecule has 4 rings (SSSR count). The highest BCUT2D eigenvalue weighted by molar-refractivity contribution is 7.99. The Kier molecular flexibility index (Phi) is 7.78. The number of nitrogens with one attached hydrogen (secondary N) is 2. The second-order valence-corrected chi connectivity index (χ2v) is 9.03. The summed E-state index contributed by atoms with van der Waals surface area (Å²) < 4.78 is 15.6. The van der Waals surface area contributed by atoms with Crippen LogP contribution >= 0.6 is 11.8 Å². The van der Waals surface area contributed by atoms with Crippen LogP contribution in [0.3, 0.4) is 0 Å². The summed E-state index contributed by atoms with van der Waals surface area (Å²) in [4.78, 5) is 29.1. The van der Waals surface area contributed by atoms with E-state index in [-0.39, 0.29) is 24.2 Å². The smallest absolute Gasteiger partial charge is 0.251 e. The van der Waals surface area contributed by atoms with E-state index in [1.165, 1.54) is 37.1 Å². The van der Waals surface area contributed by atoms with Gasteiger partial charge in [-0.1, -0.05) is 49.2 Å². The number of aromatic nitrogens is 2. The molecule has 2 N–H and O–H groups in total. The summed E-state index contributed by atoms with van der Waals surface area (Å²) in [5, 5.41) is 6.58. The molecule has 1 aromatic heterocycles. The van der Waals surface area contributed by atoms with Gasteiger partial charge in [-0.15, -0.1) is 0 Å². The fourth-order valence-electron chi connectivity index (χ4n) is 3.93. The minimum atomic E-state index is -0.342.